The smallest absolute Gasteiger partial charge is 0.118 e. The second kappa shape index (κ2) is 5.18. The van der Waals surface area contributed by atoms with Gasteiger partial charge in [-0.3, -0.25) is 0 Å². The normalized spacial score (nSPS) is 17.5. The van der Waals surface area contributed by atoms with Crippen LogP contribution in [-0.2, 0) is 6.42 Å². The Morgan fingerprint density at radius 2 is 1.91 bits per heavy atom. The third-order valence-electron chi connectivity index (χ3n) is 4.56. The van der Waals surface area contributed by atoms with Crippen molar-refractivity contribution in [2.45, 2.75) is 19.4 Å². The first-order valence-electron chi connectivity index (χ1n) is 7.74. The molecule has 3 heteroatoms. The van der Waals surface area contributed by atoms with Crippen molar-refractivity contribution in [1.82, 2.24) is 10.3 Å². The minimum Gasteiger partial charge on any atom is -0.497 e. The van der Waals surface area contributed by atoms with E-state index in [1.54, 1.807) is 7.11 Å². The number of nitrogens with one attached hydrogen (secondary N) is 2. The van der Waals surface area contributed by atoms with Crippen LogP contribution in [0.25, 0.3) is 10.9 Å². The zero-order valence-electron chi connectivity index (χ0n) is 12.9. The van der Waals surface area contributed by atoms with Crippen LogP contribution in [0, 0.1) is 6.92 Å². The molecule has 2 aromatic carbocycles. The van der Waals surface area contributed by atoms with Crippen molar-refractivity contribution in [1.29, 1.82) is 0 Å². The maximum atomic E-state index is 5.26. The summed E-state index contributed by atoms with van der Waals surface area (Å²) in [5.41, 5.74) is 6.58. The summed E-state index contributed by atoms with van der Waals surface area (Å²) in [6.07, 6.45) is 1.07. The molecule has 2 heterocycles. The quantitative estimate of drug-likeness (QED) is 0.755. The maximum absolute atomic E-state index is 5.26. The fourth-order valence-electron chi connectivity index (χ4n) is 3.42. The van der Waals surface area contributed by atoms with Crippen molar-refractivity contribution in [2.24, 2.45) is 0 Å². The molecule has 0 amide bonds. The lowest BCUT2D eigenvalue weighted by atomic mass is 9.94. The van der Waals surface area contributed by atoms with E-state index in [0.717, 1.165) is 18.7 Å². The van der Waals surface area contributed by atoms with Gasteiger partial charge in [-0.05, 0) is 48.7 Å². The Labute approximate surface area is 130 Å². The Morgan fingerprint density at radius 1 is 1.09 bits per heavy atom. The van der Waals surface area contributed by atoms with E-state index >= 15 is 0 Å². The highest BCUT2D eigenvalue weighted by Crippen LogP contribution is 2.34. The molecule has 2 N–H and O–H groups in total. The molecule has 4 rings (SSSR count). The number of benzene rings is 2. The Kier molecular flexibility index (Phi) is 3.16. The lowest BCUT2D eigenvalue weighted by Crippen LogP contribution is -2.30. The van der Waals surface area contributed by atoms with Gasteiger partial charge in [0, 0.05) is 23.1 Å². The van der Waals surface area contributed by atoms with Crippen LogP contribution in [0.15, 0.2) is 42.5 Å². The molecule has 0 fully saturated rings. The lowest BCUT2D eigenvalue weighted by Gasteiger charge is -2.25. The molecule has 22 heavy (non-hydrogen) atoms. The van der Waals surface area contributed by atoms with Crippen molar-refractivity contribution in [3.63, 3.8) is 0 Å². The topological polar surface area (TPSA) is 37.0 Å². The second-order valence-electron chi connectivity index (χ2n) is 5.98. The van der Waals surface area contributed by atoms with E-state index in [-0.39, 0.29) is 6.04 Å². The van der Waals surface area contributed by atoms with Gasteiger partial charge in [-0.2, -0.15) is 0 Å². The van der Waals surface area contributed by atoms with E-state index in [1.807, 2.05) is 12.1 Å². The van der Waals surface area contributed by atoms with E-state index in [1.165, 1.54) is 33.3 Å². The van der Waals surface area contributed by atoms with Gasteiger partial charge in [0.15, 0.2) is 0 Å². The van der Waals surface area contributed by atoms with Crippen LogP contribution < -0.4 is 10.1 Å². The van der Waals surface area contributed by atoms with Gasteiger partial charge in [-0.25, -0.2) is 0 Å². The van der Waals surface area contributed by atoms with Crippen molar-refractivity contribution in [2.75, 3.05) is 13.7 Å². The van der Waals surface area contributed by atoms with Crippen molar-refractivity contribution < 1.29 is 4.74 Å². The Hall–Kier alpha value is -2.26. The number of fused-ring (bicyclic) bond motifs is 3. The summed E-state index contributed by atoms with van der Waals surface area (Å²) in [7, 11) is 1.70. The second-order valence-corrected chi connectivity index (χ2v) is 5.98. The minimum absolute atomic E-state index is 0.224. The van der Waals surface area contributed by atoms with Gasteiger partial charge in [-0.1, -0.05) is 23.8 Å². The van der Waals surface area contributed by atoms with Gasteiger partial charge < -0.3 is 15.0 Å². The molecule has 0 saturated carbocycles. The zero-order chi connectivity index (χ0) is 15.1. The molecule has 0 radical (unpaired) electrons. The molecule has 1 atom stereocenters. The third kappa shape index (κ3) is 2.09. The van der Waals surface area contributed by atoms with Gasteiger partial charge >= 0.3 is 0 Å². The van der Waals surface area contributed by atoms with E-state index in [0.29, 0.717) is 0 Å². The highest BCUT2D eigenvalue weighted by molar-refractivity contribution is 5.86. The molecule has 0 bridgehead atoms. The van der Waals surface area contributed by atoms with Crippen LogP contribution in [0.3, 0.4) is 0 Å². The minimum atomic E-state index is 0.224. The fourth-order valence-corrected chi connectivity index (χ4v) is 3.42. The summed E-state index contributed by atoms with van der Waals surface area (Å²) in [6, 6.07) is 15.2. The molecule has 0 aliphatic carbocycles. The summed E-state index contributed by atoms with van der Waals surface area (Å²) in [5, 5.41) is 5.00. The van der Waals surface area contributed by atoms with Crippen LogP contribution >= 0.6 is 0 Å². The standard InChI is InChI=1S/C19H20N2O/c1-12-3-8-17-16(11-12)15-9-10-20-18(19(15)21-17)13-4-6-14(22-2)7-5-13/h3-8,11,18,20-21H,9-10H2,1-2H3/t18-/m0/s1. The summed E-state index contributed by atoms with van der Waals surface area (Å²) < 4.78 is 5.26. The van der Waals surface area contributed by atoms with Gasteiger partial charge in [0.1, 0.15) is 5.75 Å². The molecule has 0 spiro atoms. The molecular weight excluding hydrogens is 272 g/mol. The monoisotopic (exact) mass is 292 g/mol. The molecule has 0 unspecified atom stereocenters. The largest absolute Gasteiger partial charge is 0.497 e. The number of aromatic nitrogens is 1. The lowest BCUT2D eigenvalue weighted by molar-refractivity contribution is 0.414. The molecule has 1 aliphatic rings. The van der Waals surface area contributed by atoms with Crippen LogP contribution in [0.2, 0.25) is 0 Å². The number of rotatable bonds is 2. The van der Waals surface area contributed by atoms with E-state index < -0.39 is 0 Å². The van der Waals surface area contributed by atoms with Crippen LogP contribution in [0.1, 0.15) is 28.4 Å². The third-order valence-corrected chi connectivity index (χ3v) is 4.56. The highest BCUT2D eigenvalue weighted by atomic mass is 16.5. The molecule has 1 aliphatic heterocycles. The summed E-state index contributed by atoms with van der Waals surface area (Å²) in [5.74, 6) is 0.895. The number of H-pyrrole nitrogens is 1. The van der Waals surface area contributed by atoms with Crippen LogP contribution in [-0.4, -0.2) is 18.6 Å². The SMILES string of the molecule is COc1ccc([C@@H]2NCCc3c2[nH]c2ccc(C)cc32)cc1. The molecule has 1 aromatic heterocycles. The van der Waals surface area contributed by atoms with Crippen LogP contribution in [0.4, 0.5) is 0 Å². The average molecular weight is 292 g/mol. The number of hydrogen-bond donors (Lipinski definition) is 2. The molecule has 112 valence electrons. The van der Waals surface area contributed by atoms with Crippen molar-refractivity contribution in [3.05, 3.63) is 64.8 Å². The van der Waals surface area contributed by atoms with Gasteiger partial charge in [0.25, 0.3) is 0 Å². The predicted octanol–water partition coefficient (Wildman–Crippen LogP) is 3.72. The highest BCUT2D eigenvalue weighted by Gasteiger charge is 2.25. The van der Waals surface area contributed by atoms with Crippen molar-refractivity contribution in [3.8, 4) is 5.75 Å². The number of ether oxygens (including phenoxy) is 1. The van der Waals surface area contributed by atoms with Gasteiger partial charge in [-0.15, -0.1) is 0 Å². The number of aryl methyl sites for hydroxylation is 1. The summed E-state index contributed by atoms with van der Waals surface area (Å²) >= 11 is 0. The number of hydrogen-bond acceptors (Lipinski definition) is 2. The number of methoxy groups -OCH3 is 1. The first-order chi connectivity index (χ1) is 10.8. The predicted molar refractivity (Wildman–Crippen MR) is 89.6 cm³/mol. The number of aromatic amines is 1. The molecular formula is C19H20N2O. The van der Waals surface area contributed by atoms with Crippen LogP contribution in [0.5, 0.6) is 5.75 Å². The first kappa shape index (κ1) is 13.4. The van der Waals surface area contributed by atoms with Gasteiger partial charge in [0.2, 0.25) is 0 Å². The van der Waals surface area contributed by atoms with E-state index in [9.17, 15) is 0 Å². The average Bonchev–Trinajstić information content (AvgIpc) is 2.93. The summed E-state index contributed by atoms with van der Waals surface area (Å²) in [4.78, 5) is 3.63. The Balaban J connectivity index is 1.82. The summed E-state index contributed by atoms with van der Waals surface area (Å²) in [6.45, 7) is 3.16. The zero-order valence-corrected chi connectivity index (χ0v) is 12.9. The molecule has 3 aromatic rings. The molecule has 0 saturated heterocycles. The molecule has 3 nitrogen and oxygen atoms in total. The van der Waals surface area contributed by atoms with Gasteiger partial charge in [0.05, 0.1) is 13.2 Å². The van der Waals surface area contributed by atoms with E-state index in [4.69, 9.17) is 4.74 Å². The van der Waals surface area contributed by atoms with Crippen molar-refractivity contribution >= 4 is 10.9 Å². The van der Waals surface area contributed by atoms with E-state index in [2.05, 4.69) is 47.6 Å². The maximum Gasteiger partial charge on any atom is 0.118 e. The first-order valence-corrected chi connectivity index (χ1v) is 7.74. The Morgan fingerprint density at radius 3 is 2.68 bits per heavy atom. The fraction of sp³-hybridized carbons (Fsp3) is 0.263. The Bertz CT molecular complexity index is 817.